The van der Waals surface area contributed by atoms with Crippen LogP contribution in [-0.4, -0.2) is 24.2 Å². The summed E-state index contributed by atoms with van der Waals surface area (Å²) in [6.45, 7) is 0. The van der Waals surface area contributed by atoms with Gasteiger partial charge in [-0.1, -0.05) is 18.2 Å². The maximum absolute atomic E-state index is 5.50. The number of fused-ring (bicyclic) bond motifs is 1. The van der Waals surface area contributed by atoms with Crippen molar-refractivity contribution in [3.8, 4) is 22.6 Å². The molecule has 0 amide bonds. The van der Waals surface area contributed by atoms with E-state index in [1.807, 2.05) is 30.5 Å². The third-order valence-electron chi connectivity index (χ3n) is 3.21. The zero-order valence-electron chi connectivity index (χ0n) is 11.1. The highest BCUT2D eigenvalue weighted by atomic mass is 79.9. The highest BCUT2D eigenvalue weighted by Crippen LogP contribution is 2.41. The van der Waals surface area contributed by atoms with Crippen LogP contribution in [0.1, 0.15) is 0 Å². The predicted molar refractivity (Wildman–Crippen MR) is 82.3 cm³/mol. The fourth-order valence-corrected chi connectivity index (χ4v) is 2.78. The summed E-state index contributed by atoms with van der Waals surface area (Å²) in [7, 11) is 3.32. The topological polar surface area (TPSA) is 47.1 Å². The number of pyridine rings is 1. The first-order valence-corrected chi connectivity index (χ1v) is 6.88. The van der Waals surface area contributed by atoms with Gasteiger partial charge in [0, 0.05) is 23.5 Å². The van der Waals surface area contributed by atoms with E-state index in [0.29, 0.717) is 0 Å². The number of halogens is 1. The Morgan fingerprint density at radius 1 is 1.10 bits per heavy atom. The molecule has 0 fully saturated rings. The lowest BCUT2D eigenvalue weighted by Gasteiger charge is -2.09. The molecule has 0 atom stereocenters. The summed E-state index contributed by atoms with van der Waals surface area (Å²) in [5.74, 6) is 1.58. The van der Waals surface area contributed by atoms with Gasteiger partial charge >= 0.3 is 0 Å². The van der Waals surface area contributed by atoms with Crippen molar-refractivity contribution in [2.24, 2.45) is 0 Å². The molecule has 0 saturated heterocycles. The zero-order chi connectivity index (χ0) is 14.1. The van der Waals surface area contributed by atoms with Gasteiger partial charge in [-0.05, 0) is 22.0 Å². The van der Waals surface area contributed by atoms with Gasteiger partial charge in [-0.3, -0.25) is 0 Å². The molecule has 2 aromatic heterocycles. The lowest BCUT2D eigenvalue weighted by atomic mass is 10.0. The van der Waals surface area contributed by atoms with Crippen molar-refractivity contribution in [3.05, 3.63) is 41.1 Å². The number of H-pyrrole nitrogens is 1. The SMILES string of the molecule is COc1ccccc1-c1c[nH]c2ncc(Br)c(OC)c12. The molecule has 5 heteroatoms. The molecule has 0 aliphatic carbocycles. The third kappa shape index (κ3) is 1.94. The quantitative estimate of drug-likeness (QED) is 0.788. The summed E-state index contributed by atoms with van der Waals surface area (Å²) >= 11 is 3.47. The molecular weight excluding hydrogens is 320 g/mol. The largest absolute Gasteiger partial charge is 0.496 e. The van der Waals surface area contributed by atoms with E-state index >= 15 is 0 Å². The molecule has 0 radical (unpaired) electrons. The number of nitrogens with zero attached hydrogens (tertiary/aromatic N) is 1. The van der Waals surface area contributed by atoms with Crippen molar-refractivity contribution >= 4 is 27.0 Å². The van der Waals surface area contributed by atoms with E-state index < -0.39 is 0 Å². The van der Waals surface area contributed by atoms with E-state index in [1.54, 1.807) is 20.4 Å². The second-order valence-corrected chi connectivity index (χ2v) is 5.12. The zero-order valence-corrected chi connectivity index (χ0v) is 12.7. The van der Waals surface area contributed by atoms with Gasteiger partial charge < -0.3 is 14.5 Å². The van der Waals surface area contributed by atoms with Gasteiger partial charge in [-0.25, -0.2) is 4.98 Å². The van der Waals surface area contributed by atoms with Crippen LogP contribution in [0.3, 0.4) is 0 Å². The van der Waals surface area contributed by atoms with E-state index in [1.165, 1.54) is 0 Å². The van der Waals surface area contributed by atoms with Crippen molar-refractivity contribution in [2.75, 3.05) is 14.2 Å². The van der Waals surface area contributed by atoms with Crippen LogP contribution in [0.15, 0.2) is 41.1 Å². The first-order chi connectivity index (χ1) is 9.76. The molecule has 3 rings (SSSR count). The lowest BCUT2D eigenvalue weighted by molar-refractivity contribution is 0.415. The number of aromatic nitrogens is 2. The minimum atomic E-state index is 0.761. The Morgan fingerprint density at radius 3 is 2.65 bits per heavy atom. The Labute approximate surface area is 124 Å². The van der Waals surface area contributed by atoms with Gasteiger partial charge in [-0.2, -0.15) is 0 Å². The van der Waals surface area contributed by atoms with E-state index in [9.17, 15) is 0 Å². The minimum Gasteiger partial charge on any atom is -0.496 e. The lowest BCUT2D eigenvalue weighted by Crippen LogP contribution is -1.90. The van der Waals surface area contributed by atoms with Gasteiger partial charge in [0.1, 0.15) is 17.1 Å². The standard InChI is InChI=1S/C15H13BrN2O2/c1-19-12-6-4-3-5-9(12)10-7-17-15-13(10)14(20-2)11(16)8-18-15/h3-8H,1-2H3,(H,17,18). The fourth-order valence-electron chi connectivity index (χ4n) is 2.32. The van der Waals surface area contributed by atoms with Gasteiger partial charge in [0.15, 0.2) is 0 Å². The van der Waals surface area contributed by atoms with Gasteiger partial charge in [0.25, 0.3) is 0 Å². The van der Waals surface area contributed by atoms with Crippen molar-refractivity contribution < 1.29 is 9.47 Å². The number of benzene rings is 1. The van der Waals surface area contributed by atoms with Crippen molar-refractivity contribution in [2.45, 2.75) is 0 Å². The molecule has 1 aromatic carbocycles. The molecule has 1 N–H and O–H groups in total. The van der Waals surface area contributed by atoms with Gasteiger partial charge in [0.05, 0.1) is 24.1 Å². The summed E-state index contributed by atoms with van der Waals surface area (Å²) in [6, 6.07) is 7.88. The molecule has 3 aromatic rings. The number of ether oxygens (including phenoxy) is 2. The summed E-state index contributed by atoms with van der Waals surface area (Å²) in [4.78, 5) is 7.54. The molecule has 4 nitrogen and oxygen atoms in total. The van der Waals surface area contributed by atoms with E-state index in [2.05, 4.69) is 25.9 Å². The Kier molecular flexibility index (Phi) is 3.36. The number of methoxy groups -OCH3 is 2. The van der Waals surface area contributed by atoms with Crippen molar-refractivity contribution in [1.29, 1.82) is 0 Å². The summed E-state index contributed by atoms with van der Waals surface area (Å²) < 4.78 is 11.8. The number of nitrogens with one attached hydrogen (secondary N) is 1. The normalized spacial score (nSPS) is 10.8. The van der Waals surface area contributed by atoms with Crippen LogP contribution in [0, 0.1) is 0 Å². The molecule has 0 saturated carbocycles. The Hall–Kier alpha value is -2.01. The van der Waals surface area contributed by atoms with Gasteiger partial charge in [0.2, 0.25) is 0 Å². The Bertz CT molecular complexity index is 768. The van der Waals surface area contributed by atoms with Crippen LogP contribution in [-0.2, 0) is 0 Å². The van der Waals surface area contributed by atoms with Crippen LogP contribution in [0.4, 0.5) is 0 Å². The number of rotatable bonds is 3. The van der Waals surface area contributed by atoms with Gasteiger partial charge in [-0.15, -0.1) is 0 Å². The average molecular weight is 333 g/mol. The third-order valence-corrected chi connectivity index (χ3v) is 3.78. The molecule has 2 heterocycles. The first kappa shape index (κ1) is 13.0. The first-order valence-electron chi connectivity index (χ1n) is 6.09. The molecule has 0 unspecified atom stereocenters. The monoisotopic (exact) mass is 332 g/mol. The Morgan fingerprint density at radius 2 is 1.90 bits per heavy atom. The number of hydrogen-bond acceptors (Lipinski definition) is 3. The average Bonchev–Trinajstić information content (AvgIpc) is 2.91. The predicted octanol–water partition coefficient (Wildman–Crippen LogP) is 4.01. The minimum absolute atomic E-state index is 0.761. The molecule has 102 valence electrons. The molecular formula is C15H13BrN2O2. The maximum Gasteiger partial charge on any atom is 0.146 e. The van der Waals surface area contributed by atoms with E-state index in [-0.39, 0.29) is 0 Å². The molecule has 0 bridgehead atoms. The maximum atomic E-state index is 5.50. The van der Waals surface area contributed by atoms with E-state index in [4.69, 9.17) is 9.47 Å². The summed E-state index contributed by atoms with van der Waals surface area (Å²) in [5.41, 5.74) is 2.79. The smallest absolute Gasteiger partial charge is 0.146 e. The number of aromatic amines is 1. The molecule has 0 aliphatic rings. The van der Waals surface area contributed by atoms with Crippen LogP contribution >= 0.6 is 15.9 Å². The van der Waals surface area contributed by atoms with E-state index in [0.717, 1.165) is 38.1 Å². The fraction of sp³-hybridized carbons (Fsp3) is 0.133. The van der Waals surface area contributed by atoms with Crippen LogP contribution in [0.25, 0.3) is 22.2 Å². The van der Waals surface area contributed by atoms with Crippen molar-refractivity contribution in [1.82, 2.24) is 9.97 Å². The van der Waals surface area contributed by atoms with Crippen molar-refractivity contribution in [3.63, 3.8) is 0 Å². The number of para-hydroxylation sites is 1. The molecule has 20 heavy (non-hydrogen) atoms. The van der Waals surface area contributed by atoms with Crippen LogP contribution in [0.2, 0.25) is 0 Å². The highest BCUT2D eigenvalue weighted by molar-refractivity contribution is 9.10. The number of hydrogen-bond donors (Lipinski definition) is 1. The summed E-state index contributed by atoms with van der Waals surface area (Å²) in [6.07, 6.45) is 3.65. The summed E-state index contributed by atoms with van der Waals surface area (Å²) in [5, 5.41) is 0.936. The van der Waals surface area contributed by atoms with Crippen LogP contribution in [0.5, 0.6) is 11.5 Å². The van der Waals surface area contributed by atoms with Crippen LogP contribution < -0.4 is 9.47 Å². The highest BCUT2D eigenvalue weighted by Gasteiger charge is 2.17. The molecule has 0 spiro atoms. The second kappa shape index (κ2) is 5.17. The Balaban J connectivity index is 2.34. The molecule has 0 aliphatic heterocycles. The second-order valence-electron chi connectivity index (χ2n) is 4.27.